The number of halogens is 1. The van der Waals surface area contributed by atoms with E-state index in [0.29, 0.717) is 18.4 Å². The van der Waals surface area contributed by atoms with Gasteiger partial charge in [-0.05, 0) is 20.4 Å². The fourth-order valence-corrected chi connectivity index (χ4v) is 2.71. The topological polar surface area (TPSA) is 53.5 Å². The molecule has 1 aliphatic heterocycles. The van der Waals surface area contributed by atoms with E-state index in [4.69, 9.17) is 4.74 Å². The van der Waals surface area contributed by atoms with Gasteiger partial charge in [-0.1, -0.05) is 12.7 Å². The summed E-state index contributed by atoms with van der Waals surface area (Å²) in [6, 6.07) is 0. The van der Waals surface area contributed by atoms with Crippen molar-refractivity contribution in [3.8, 4) is 5.88 Å². The van der Waals surface area contributed by atoms with Crippen molar-refractivity contribution in [2.75, 3.05) is 51.5 Å². The van der Waals surface area contributed by atoms with E-state index in [1.807, 2.05) is 19.5 Å². The number of nitrogens with zero attached hydrogens (tertiary/aromatic N) is 4. The fraction of sp³-hybridized carbons (Fsp3) is 0.571. The number of nitrogens with one attached hydrogen (secondary N) is 1. The first-order valence-electron chi connectivity index (χ1n) is 6.96. The van der Waals surface area contributed by atoms with Crippen LogP contribution in [-0.4, -0.2) is 67.6 Å². The lowest BCUT2D eigenvalue weighted by Gasteiger charge is -2.39. The maximum atomic E-state index is 5.65. The Morgan fingerprint density at radius 2 is 2.32 bits per heavy atom. The first-order valence-corrected chi connectivity index (χ1v) is 8.19. The zero-order chi connectivity index (χ0) is 15.2. The molecule has 0 radical (unpaired) electrons. The monoisotopic (exact) mass is 345 g/mol. The fourth-order valence-electron chi connectivity index (χ4n) is 2.27. The van der Waals surface area contributed by atoms with Crippen LogP contribution < -0.4 is 15.0 Å². The third-order valence-corrected chi connectivity index (χ3v) is 4.16. The minimum atomic E-state index is 0. The molecular weight excluding hydrogens is 322 g/mol. The summed E-state index contributed by atoms with van der Waals surface area (Å²) in [6.45, 7) is 6.95. The van der Waals surface area contributed by atoms with Gasteiger partial charge < -0.3 is 14.5 Å². The molecule has 124 valence electrons. The van der Waals surface area contributed by atoms with Gasteiger partial charge in [-0.25, -0.2) is 4.98 Å². The predicted octanol–water partition coefficient (Wildman–Crippen LogP) is 1.48. The zero-order valence-electron chi connectivity index (χ0n) is 13.3. The van der Waals surface area contributed by atoms with Crippen LogP contribution in [-0.2, 0) is 0 Å². The van der Waals surface area contributed by atoms with Crippen LogP contribution in [0.3, 0.4) is 0 Å². The molecule has 22 heavy (non-hydrogen) atoms. The number of hydrogen-bond donors (Lipinski definition) is 1. The second-order valence-electron chi connectivity index (χ2n) is 4.90. The van der Waals surface area contributed by atoms with E-state index in [0.717, 1.165) is 24.5 Å². The molecule has 1 unspecified atom stereocenters. The average molecular weight is 346 g/mol. The number of anilines is 1. The number of ether oxygens (including phenoxy) is 1. The summed E-state index contributed by atoms with van der Waals surface area (Å²) in [7, 11) is 4.08. The van der Waals surface area contributed by atoms with E-state index in [1.165, 1.54) is 0 Å². The van der Waals surface area contributed by atoms with Crippen molar-refractivity contribution in [1.82, 2.24) is 20.2 Å². The first kappa shape index (κ1) is 19.0. The second-order valence-corrected chi connectivity index (χ2v) is 5.75. The number of likely N-dealkylation sites (N-methyl/N-ethyl adjacent to an activating group) is 2. The van der Waals surface area contributed by atoms with Crippen molar-refractivity contribution in [2.45, 2.75) is 11.1 Å². The molecular formula is C14H24ClN5OS. The summed E-state index contributed by atoms with van der Waals surface area (Å²) in [5.41, 5.74) is 0. The standard InChI is InChI=1S/C14H23N5OS.ClH/c1-5-8-20-13-11(21-4)9-16-14(17-13)19-7-6-18(3)10-12(19)15-2;/h5,9,12,15H,1,6-8,10H2,2-4H3;1H. The highest BCUT2D eigenvalue weighted by atomic mass is 35.5. The van der Waals surface area contributed by atoms with Crippen molar-refractivity contribution in [3.63, 3.8) is 0 Å². The molecule has 1 saturated heterocycles. The molecule has 1 fully saturated rings. The van der Waals surface area contributed by atoms with Gasteiger partial charge in [0.05, 0.1) is 11.1 Å². The lowest BCUT2D eigenvalue weighted by Crippen LogP contribution is -2.58. The molecule has 0 saturated carbocycles. The first-order chi connectivity index (χ1) is 10.2. The lowest BCUT2D eigenvalue weighted by atomic mass is 10.3. The summed E-state index contributed by atoms with van der Waals surface area (Å²) >= 11 is 1.58. The predicted molar refractivity (Wildman–Crippen MR) is 94.4 cm³/mol. The van der Waals surface area contributed by atoms with Crippen molar-refractivity contribution >= 4 is 30.1 Å². The highest BCUT2D eigenvalue weighted by Crippen LogP contribution is 2.27. The average Bonchev–Trinajstić information content (AvgIpc) is 2.52. The van der Waals surface area contributed by atoms with Crippen molar-refractivity contribution in [1.29, 1.82) is 0 Å². The number of rotatable bonds is 6. The molecule has 0 aliphatic carbocycles. The molecule has 1 atom stereocenters. The van der Waals surface area contributed by atoms with E-state index < -0.39 is 0 Å². The molecule has 6 nitrogen and oxygen atoms in total. The molecule has 8 heteroatoms. The number of piperazine rings is 1. The van der Waals surface area contributed by atoms with Gasteiger partial charge in [0.15, 0.2) is 0 Å². The Morgan fingerprint density at radius 1 is 1.55 bits per heavy atom. The van der Waals surface area contributed by atoms with Gasteiger partial charge in [-0.15, -0.1) is 24.2 Å². The molecule has 1 aromatic rings. The Balaban J connectivity index is 0.00000242. The van der Waals surface area contributed by atoms with E-state index in [9.17, 15) is 0 Å². The third-order valence-electron chi connectivity index (χ3n) is 3.44. The Kier molecular flexibility index (Phi) is 7.95. The molecule has 1 aliphatic rings. The van der Waals surface area contributed by atoms with Crippen molar-refractivity contribution in [3.05, 3.63) is 18.9 Å². The molecule has 2 heterocycles. The second kappa shape index (κ2) is 9.19. The highest BCUT2D eigenvalue weighted by molar-refractivity contribution is 7.98. The maximum absolute atomic E-state index is 5.65. The van der Waals surface area contributed by atoms with Gasteiger partial charge in [0.2, 0.25) is 11.8 Å². The van der Waals surface area contributed by atoms with Gasteiger partial charge >= 0.3 is 0 Å². The largest absolute Gasteiger partial charge is 0.473 e. The van der Waals surface area contributed by atoms with Crippen LogP contribution in [0.5, 0.6) is 5.88 Å². The van der Waals surface area contributed by atoms with Crippen LogP contribution in [0.1, 0.15) is 0 Å². The van der Waals surface area contributed by atoms with E-state index in [1.54, 1.807) is 17.8 Å². The van der Waals surface area contributed by atoms with E-state index >= 15 is 0 Å². The SMILES string of the molecule is C=CCOc1nc(N2CCN(C)CC2NC)ncc1SC.Cl. The minimum absolute atomic E-state index is 0. The maximum Gasteiger partial charge on any atom is 0.232 e. The van der Waals surface area contributed by atoms with Gasteiger partial charge in [0, 0.05) is 25.8 Å². The quantitative estimate of drug-likeness (QED) is 0.619. The van der Waals surface area contributed by atoms with Crippen LogP contribution >= 0.6 is 24.2 Å². The Morgan fingerprint density at radius 3 is 2.95 bits per heavy atom. The molecule has 1 aromatic heterocycles. The molecule has 0 spiro atoms. The Labute approximate surface area is 142 Å². The van der Waals surface area contributed by atoms with Crippen LogP contribution in [0.25, 0.3) is 0 Å². The number of thioether (sulfide) groups is 1. The highest BCUT2D eigenvalue weighted by Gasteiger charge is 2.26. The summed E-state index contributed by atoms with van der Waals surface area (Å²) < 4.78 is 5.65. The number of aromatic nitrogens is 2. The lowest BCUT2D eigenvalue weighted by molar-refractivity contribution is 0.248. The van der Waals surface area contributed by atoms with Crippen LogP contribution in [0, 0.1) is 0 Å². The van der Waals surface area contributed by atoms with Crippen LogP contribution in [0.4, 0.5) is 5.95 Å². The molecule has 1 N–H and O–H groups in total. The smallest absolute Gasteiger partial charge is 0.232 e. The normalized spacial score (nSPS) is 18.7. The molecule has 2 rings (SSSR count). The zero-order valence-corrected chi connectivity index (χ0v) is 14.9. The van der Waals surface area contributed by atoms with Crippen molar-refractivity contribution in [2.24, 2.45) is 0 Å². The van der Waals surface area contributed by atoms with Gasteiger partial charge in [-0.2, -0.15) is 4.98 Å². The Bertz CT molecular complexity index is 490. The van der Waals surface area contributed by atoms with Crippen LogP contribution in [0.2, 0.25) is 0 Å². The summed E-state index contributed by atoms with van der Waals surface area (Å²) in [4.78, 5) is 14.5. The molecule has 0 amide bonds. The van der Waals surface area contributed by atoms with Gasteiger partial charge in [-0.3, -0.25) is 5.32 Å². The van der Waals surface area contributed by atoms with E-state index in [2.05, 4.69) is 38.7 Å². The Hall–Kier alpha value is -1.02. The van der Waals surface area contributed by atoms with Crippen LogP contribution in [0.15, 0.2) is 23.7 Å². The summed E-state index contributed by atoms with van der Waals surface area (Å²) in [6.07, 6.45) is 5.75. The number of hydrogen-bond acceptors (Lipinski definition) is 7. The van der Waals surface area contributed by atoms with E-state index in [-0.39, 0.29) is 18.6 Å². The van der Waals surface area contributed by atoms with Gasteiger partial charge in [0.25, 0.3) is 0 Å². The summed E-state index contributed by atoms with van der Waals surface area (Å²) in [5.74, 6) is 1.33. The molecule has 0 aromatic carbocycles. The summed E-state index contributed by atoms with van der Waals surface area (Å²) in [5, 5.41) is 3.32. The van der Waals surface area contributed by atoms with Gasteiger partial charge in [0.1, 0.15) is 6.61 Å². The van der Waals surface area contributed by atoms with Crippen molar-refractivity contribution < 1.29 is 4.74 Å². The molecule has 0 bridgehead atoms. The third kappa shape index (κ3) is 4.49. The minimum Gasteiger partial charge on any atom is -0.473 e.